The van der Waals surface area contributed by atoms with Crippen LogP contribution in [0.25, 0.3) is 0 Å². The first-order valence-corrected chi connectivity index (χ1v) is 3.41. The van der Waals surface area contributed by atoms with Crippen LogP contribution in [0, 0.1) is 0 Å². The maximum absolute atomic E-state index is 11.0. The van der Waals surface area contributed by atoms with E-state index in [2.05, 4.69) is 0 Å². The second-order valence-corrected chi connectivity index (χ2v) is 2.48. The van der Waals surface area contributed by atoms with E-state index >= 15 is 0 Å². The van der Waals surface area contributed by atoms with Crippen LogP contribution in [0.15, 0.2) is 23.8 Å². The summed E-state index contributed by atoms with van der Waals surface area (Å²) in [5, 5.41) is 0. The van der Waals surface area contributed by atoms with Gasteiger partial charge < -0.3 is 4.74 Å². The molecular formula is C8H6O3. The van der Waals surface area contributed by atoms with E-state index in [0.29, 0.717) is 12.0 Å². The summed E-state index contributed by atoms with van der Waals surface area (Å²) in [7, 11) is 0. The van der Waals surface area contributed by atoms with Crippen molar-refractivity contribution in [1.29, 1.82) is 0 Å². The molecule has 1 atom stereocenters. The molecule has 11 heavy (non-hydrogen) atoms. The molecule has 0 aromatic rings. The van der Waals surface area contributed by atoms with Crippen LogP contribution in [0.3, 0.4) is 0 Å². The molecule has 0 spiro atoms. The first-order chi connectivity index (χ1) is 5.29. The SMILES string of the molecule is O=C1OC2C=CCC=C2C1=O. The number of rotatable bonds is 0. The summed E-state index contributed by atoms with van der Waals surface area (Å²) >= 11 is 0. The predicted octanol–water partition coefficient (Wildman–Crippen LogP) is 0.367. The molecule has 1 fully saturated rings. The van der Waals surface area contributed by atoms with Gasteiger partial charge in [-0.05, 0) is 12.5 Å². The van der Waals surface area contributed by atoms with Gasteiger partial charge in [-0.25, -0.2) is 4.79 Å². The standard InChI is InChI=1S/C8H6O3/c9-7-5-3-1-2-4-6(5)11-8(7)10/h2-4,6H,1H2. The number of ether oxygens (including phenoxy) is 1. The highest BCUT2D eigenvalue weighted by atomic mass is 16.6. The lowest BCUT2D eigenvalue weighted by Crippen LogP contribution is -2.08. The molecule has 0 aromatic heterocycles. The molecule has 0 bridgehead atoms. The van der Waals surface area contributed by atoms with Crippen LogP contribution in [0.2, 0.25) is 0 Å². The molecule has 3 nitrogen and oxygen atoms in total. The Bertz CT molecular complexity index is 286. The summed E-state index contributed by atoms with van der Waals surface area (Å²) < 4.78 is 4.73. The summed E-state index contributed by atoms with van der Waals surface area (Å²) in [4.78, 5) is 21.7. The van der Waals surface area contributed by atoms with Gasteiger partial charge in [0.05, 0.1) is 0 Å². The Balaban J connectivity index is 2.39. The van der Waals surface area contributed by atoms with Crippen LogP contribution in [0.1, 0.15) is 6.42 Å². The van der Waals surface area contributed by atoms with Crippen molar-refractivity contribution in [3.63, 3.8) is 0 Å². The van der Waals surface area contributed by atoms with E-state index in [0.717, 1.165) is 0 Å². The molecular weight excluding hydrogens is 144 g/mol. The summed E-state index contributed by atoms with van der Waals surface area (Å²) in [6.07, 6.45) is 5.66. The lowest BCUT2D eigenvalue weighted by Gasteiger charge is -2.06. The van der Waals surface area contributed by atoms with Crippen molar-refractivity contribution in [1.82, 2.24) is 0 Å². The minimum atomic E-state index is -0.729. The molecule has 2 aliphatic rings. The fraction of sp³-hybridized carbons (Fsp3) is 0.250. The van der Waals surface area contributed by atoms with Gasteiger partial charge in [0.15, 0.2) is 0 Å². The Labute approximate surface area is 63.3 Å². The van der Waals surface area contributed by atoms with E-state index in [1.54, 1.807) is 12.2 Å². The van der Waals surface area contributed by atoms with Crippen LogP contribution in [-0.2, 0) is 14.3 Å². The third-order valence-corrected chi connectivity index (χ3v) is 1.77. The molecule has 56 valence electrons. The molecule has 3 heteroatoms. The van der Waals surface area contributed by atoms with Crippen molar-refractivity contribution in [3.8, 4) is 0 Å². The smallest absolute Gasteiger partial charge is 0.380 e. The monoisotopic (exact) mass is 150 g/mol. The zero-order valence-electron chi connectivity index (χ0n) is 5.74. The number of fused-ring (bicyclic) bond motifs is 1. The van der Waals surface area contributed by atoms with Crippen LogP contribution in [0.4, 0.5) is 0 Å². The number of hydrogen-bond donors (Lipinski definition) is 0. The van der Waals surface area contributed by atoms with Crippen molar-refractivity contribution in [3.05, 3.63) is 23.8 Å². The minimum Gasteiger partial charge on any atom is -0.447 e. The van der Waals surface area contributed by atoms with Gasteiger partial charge in [-0.2, -0.15) is 0 Å². The van der Waals surface area contributed by atoms with Gasteiger partial charge in [0, 0.05) is 5.57 Å². The van der Waals surface area contributed by atoms with Crippen molar-refractivity contribution in [2.75, 3.05) is 0 Å². The van der Waals surface area contributed by atoms with Crippen molar-refractivity contribution < 1.29 is 14.3 Å². The highest BCUT2D eigenvalue weighted by Gasteiger charge is 2.36. The summed E-state index contributed by atoms with van der Waals surface area (Å²) in [6, 6.07) is 0. The van der Waals surface area contributed by atoms with Crippen molar-refractivity contribution in [2.45, 2.75) is 12.5 Å². The molecule has 1 aliphatic heterocycles. The van der Waals surface area contributed by atoms with E-state index in [1.807, 2.05) is 6.08 Å². The molecule has 0 saturated carbocycles. The van der Waals surface area contributed by atoms with E-state index in [9.17, 15) is 9.59 Å². The first kappa shape index (κ1) is 6.34. The number of carbonyl (C=O) groups excluding carboxylic acids is 2. The van der Waals surface area contributed by atoms with Crippen LogP contribution in [0.5, 0.6) is 0 Å². The van der Waals surface area contributed by atoms with Crippen LogP contribution < -0.4 is 0 Å². The number of ketones is 1. The third-order valence-electron chi connectivity index (χ3n) is 1.77. The molecule has 2 rings (SSSR count). The average molecular weight is 150 g/mol. The van der Waals surface area contributed by atoms with Gasteiger partial charge in [-0.3, -0.25) is 4.79 Å². The van der Waals surface area contributed by atoms with Gasteiger partial charge in [0.25, 0.3) is 5.78 Å². The topological polar surface area (TPSA) is 43.4 Å². The number of Topliss-reactive ketones (excluding diaryl/α,β-unsaturated/α-hetero) is 1. The quantitative estimate of drug-likeness (QED) is 0.284. The number of esters is 1. The van der Waals surface area contributed by atoms with Crippen LogP contribution in [-0.4, -0.2) is 17.9 Å². The number of allylic oxidation sites excluding steroid dienone is 2. The minimum absolute atomic E-state index is 0.399. The van der Waals surface area contributed by atoms with E-state index in [-0.39, 0.29) is 0 Å². The lowest BCUT2D eigenvalue weighted by atomic mass is 10.0. The Morgan fingerprint density at radius 1 is 1.45 bits per heavy atom. The normalized spacial score (nSPS) is 28.0. The fourth-order valence-electron chi connectivity index (χ4n) is 1.23. The van der Waals surface area contributed by atoms with E-state index < -0.39 is 17.9 Å². The molecule has 1 aliphatic carbocycles. The Kier molecular flexibility index (Phi) is 1.18. The molecule has 0 radical (unpaired) electrons. The molecule has 1 heterocycles. The van der Waals surface area contributed by atoms with Gasteiger partial charge >= 0.3 is 5.97 Å². The Hall–Kier alpha value is -1.38. The number of carbonyl (C=O) groups is 2. The van der Waals surface area contributed by atoms with Gasteiger partial charge in [-0.1, -0.05) is 12.2 Å². The second-order valence-electron chi connectivity index (χ2n) is 2.48. The van der Waals surface area contributed by atoms with Crippen molar-refractivity contribution >= 4 is 11.8 Å². The molecule has 0 N–H and O–H groups in total. The molecule has 1 unspecified atom stereocenters. The van der Waals surface area contributed by atoms with Crippen LogP contribution >= 0.6 is 0 Å². The first-order valence-electron chi connectivity index (χ1n) is 3.41. The molecule has 1 saturated heterocycles. The van der Waals surface area contributed by atoms with Crippen molar-refractivity contribution in [2.24, 2.45) is 0 Å². The lowest BCUT2D eigenvalue weighted by molar-refractivity contribution is -0.147. The largest absolute Gasteiger partial charge is 0.447 e. The molecule has 0 amide bonds. The highest BCUT2D eigenvalue weighted by molar-refractivity contribution is 6.43. The summed E-state index contributed by atoms with van der Waals surface area (Å²) in [5.74, 6) is -1.22. The maximum atomic E-state index is 11.0. The van der Waals surface area contributed by atoms with Gasteiger partial charge in [0.1, 0.15) is 6.10 Å². The zero-order valence-corrected chi connectivity index (χ0v) is 5.74. The van der Waals surface area contributed by atoms with E-state index in [4.69, 9.17) is 4.74 Å². The van der Waals surface area contributed by atoms with Gasteiger partial charge in [-0.15, -0.1) is 0 Å². The van der Waals surface area contributed by atoms with Gasteiger partial charge in [0.2, 0.25) is 0 Å². The summed E-state index contributed by atoms with van der Waals surface area (Å²) in [6.45, 7) is 0. The Morgan fingerprint density at radius 3 is 3.00 bits per heavy atom. The third kappa shape index (κ3) is 0.808. The Morgan fingerprint density at radius 2 is 2.27 bits per heavy atom. The summed E-state index contributed by atoms with van der Waals surface area (Å²) in [5.41, 5.74) is 0.498. The molecule has 0 aromatic carbocycles. The number of hydrogen-bond acceptors (Lipinski definition) is 3. The highest BCUT2D eigenvalue weighted by Crippen LogP contribution is 2.22. The average Bonchev–Trinajstić information content (AvgIpc) is 2.30. The van der Waals surface area contributed by atoms with E-state index in [1.165, 1.54) is 0 Å². The predicted molar refractivity (Wildman–Crippen MR) is 36.7 cm³/mol. The fourth-order valence-corrected chi connectivity index (χ4v) is 1.23. The zero-order chi connectivity index (χ0) is 7.84. The maximum Gasteiger partial charge on any atom is 0.380 e. The second kappa shape index (κ2) is 2.05.